The lowest BCUT2D eigenvalue weighted by atomic mass is 9.95. The molecule has 0 atom stereocenters. The zero-order valence-corrected chi connectivity index (χ0v) is 18.2. The second-order valence-electron chi connectivity index (χ2n) is 8.26. The molecular formula is C21H24ClN3O2Si. The van der Waals surface area contributed by atoms with Gasteiger partial charge in [-0.2, -0.15) is 5.10 Å². The first-order valence-corrected chi connectivity index (χ1v) is 13.5. The highest BCUT2D eigenvalue weighted by atomic mass is 35.5. The van der Waals surface area contributed by atoms with Crippen molar-refractivity contribution in [2.75, 3.05) is 6.61 Å². The Balaban J connectivity index is 1.48. The lowest BCUT2D eigenvalue weighted by Gasteiger charge is -2.20. The summed E-state index contributed by atoms with van der Waals surface area (Å²) in [4.78, 5) is 4.27. The molecule has 7 heteroatoms. The number of hydrogen-bond acceptors (Lipinski definition) is 4. The molecule has 0 spiro atoms. The molecule has 1 aliphatic heterocycles. The number of pyridine rings is 1. The number of halogens is 1. The Labute approximate surface area is 171 Å². The fourth-order valence-electron chi connectivity index (χ4n) is 3.15. The summed E-state index contributed by atoms with van der Waals surface area (Å²) in [6.45, 7) is 8.82. The number of hydrogen-bond donors (Lipinski definition) is 0. The highest BCUT2D eigenvalue weighted by molar-refractivity contribution is 6.76. The molecule has 0 amide bonds. The normalized spacial score (nSPS) is 13.0. The minimum Gasteiger partial charge on any atom is -0.472 e. The summed E-state index contributed by atoms with van der Waals surface area (Å²) in [5.74, 6) is 0.594. The number of benzene rings is 1. The Morgan fingerprint density at radius 3 is 2.79 bits per heavy atom. The lowest BCUT2D eigenvalue weighted by molar-refractivity contribution is 0.0786. The van der Waals surface area contributed by atoms with Crippen LogP contribution in [0.2, 0.25) is 30.8 Å². The number of rotatable bonds is 6. The Kier molecular flexibility index (Phi) is 5.27. The van der Waals surface area contributed by atoms with Crippen molar-refractivity contribution in [2.24, 2.45) is 0 Å². The number of nitrogens with zero attached hydrogens (tertiary/aromatic N) is 3. The molecule has 28 heavy (non-hydrogen) atoms. The van der Waals surface area contributed by atoms with Gasteiger partial charge in [0.05, 0.1) is 6.20 Å². The lowest BCUT2D eigenvalue weighted by Crippen LogP contribution is -2.22. The van der Waals surface area contributed by atoms with Crippen molar-refractivity contribution in [3.8, 4) is 28.1 Å². The average molecular weight is 414 g/mol. The zero-order valence-electron chi connectivity index (χ0n) is 16.4. The summed E-state index contributed by atoms with van der Waals surface area (Å²) in [6, 6.07) is 11.3. The van der Waals surface area contributed by atoms with Crippen molar-refractivity contribution in [2.45, 2.75) is 39.0 Å². The minimum absolute atomic E-state index is 0.443. The van der Waals surface area contributed by atoms with E-state index in [4.69, 9.17) is 21.1 Å². The molecule has 0 radical (unpaired) electrons. The fourth-order valence-corrected chi connectivity index (χ4v) is 4.05. The van der Waals surface area contributed by atoms with E-state index in [1.165, 1.54) is 0 Å². The van der Waals surface area contributed by atoms with Crippen LogP contribution in [0.15, 0.2) is 42.7 Å². The van der Waals surface area contributed by atoms with Crippen LogP contribution in [0.5, 0.6) is 5.88 Å². The van der Waals surface area contributed by atoms with Crippen LogP contribution >= 0.6 is 11.6 Å². The quantitative estimate of drug-likeness (QED) is 0.305. The zero-order chi connectivity index (χ0) is 19.7. The van der Waals surface area contributed by atoms with Gasteiger partial charge in [-0.1, -0.05) is 43.4 Å². The van der Waals surface area contributed by atoms with E-state index in [1.807, 2.05) is 23.1 Å². The predicted octanol–water partition coefficient (Wildman–Crippen LogP) is 5.47. The molecule has 0 aliphatic carbocycles. The fraction of sp³-hybridized carbons (Fsp3) is 0.333. The summed E-state index contributed by atoms with van der Waals surface area (Å²) in [5, 5.41) is 4.87. The summed E-state index contributed by atoms with van der Waals surface area (Å²) in [5.41, 5.74) is 5.42. The SMILES string of the molecule is C[Si](C)(C)CCOCn1cc(-c2ccc3c(c2)COc2nc(Cl)ccc2-3)cn1. The molecule has 1 aromatic carbocycles. The molecule has 0 bridgehead atoms. The summed E-state index contributed by atoms with van der Waals surface area (Å²) in [6.07, 6.45) is 3.90. The Bertz CT molecular complexity index is 998. The molecule has 0 saturated heterocycles. The van der Waals surface area contributed by atoms with E-state index in [1.54, 1.807) is 6.07 Å². The van der Waals surface area contributed by atoms with Gasteiger partial charge >= 0.3 is 0 Å². The standard InChI is InChI=1S/C21H24ClN3O2Si/c1-28(2,3)9-8-26-14-25-12-17(11-23-25)15-4-5-18-16(10-15)13-27-21-19(18)6-7-20(22)24-21/h4-7,10-12H,8-9,13-14H2,1-3H3. The van der Waals surface area contributed by atoms with E-state index in [-0.39, 0.29) is 0 Å². The van der Waals surface area contributed by atoms with E-state index < -0.39 is 8.07 Å². The summed E-state index contributed by atoms with van der Waals surface area (Å²) < 4.78 is 13.4. The van der Waals surface area contributed by atoms with Crippen LogP contribution in [0.4, 0.5) is 0 Å². The first kappa shape index (κ1) is 19.2. The van der Waals surface area contributed by atoms with Gasteiger partial charge in [0.15, 0.2) is 0 Å². The Hall–Kier alpha value is -2.15. The topological polar surface area (TPSA) is 49.2 Å². The van der Waals surface area contributed by atoms with Gasteiger partial charge in [0.2, 0.25) is 5.88 Å². The molecule has 5 nitrogen and oxygen atoms in total. The maximum absolute atomic E-state index is 5.97. The van der Waals surface area contributed by atoms with Crippen molar-refractivity contribution >= 4 is 19.7 Å². The Morgan fingerprint density at radius 2 is 1.96 bits per heavy atom. The molecule has 1 aliphatic rings. The molecule has 3 heterocycles. The van der Waals surface area contributed by atoms with Crippen molar-refractivity contribution in [3.63, 3.8) is 0 Å². The van der Waals surface area contributed by atoms with Crippen molar-refractivity contribution in [1.82, 2.24) is 14.8 Å². The van der Waals surface area contributed by atoms with Crippen LogP contribution in [0.1, 0.15) is 5.56 Å². The van der Waals surface area contributed by atoms with Gasteiger partial charge < -0.3 is 9.47 Å². The van der Waals surface area contributed by atoms with Crippen molar-refractivity contribution in [1.29, 1.82) is 0 Å². The van der Waals surface area contributed by atoms with Crippen LogP contribution in [0.25, 0.3) is 22.3 Å². The highest BCUT2D eigenvalue weighted by Gasteiger charge is 2.19. The average Bonchev–Trinajstić information content (AvgIpc) is 3.12. The van der Waals surface area contributed by atoms with E-state index in [0.717, 1.165) is 40.5 Å². The molecule has 146 valence electrons. The molecule has 0 N–H and O–H groups in total. The van der Waals surface area contributed by atoms with Crippen LogP contribution in [0.3, 0.4) is 0 Å². The number of aromatic nitrogens is 3. The largest absolute Gasteiger partial charge is 0.472 e. The Morgan fingerprint density at radius 1 is 1.14 bits per heavy atom. The van der Waals surface area contributed by atoms with Crippen LogP contribution in [0, 0.1) is 0 Å². The summed E-state index contributed by atoms with van der Waals surface area (Å²) >= 11 is 5.97. The minimum atomic E-state index is -1.06. The molecule has 2 aromatic heterocycles. The van der Waals surface area contributed by atoms with Gasteiger partial charge in [0, 0.05) is 32.0 Å². The first-order chi connectivity index (χ1) is 13.4. The van der Waals surface area contributed by atoms with Gasteiger partial charge in [-0.15, -0.1) is 0 Å². The maximum Gasteiger partial charge on any atom is 0.223 e. The number of fused-ring (bicyclic) bond motifs is 3. The number of ether oxygens (including phenoxy) is 2. The van der Waals surface area contributed by atoms with Gasteiger partial charge in [-0.3, -0.25) is 0 Å². The monoisotopic (exact) mass is 413 g/mol. The van der Waals surface area contributed by atoms with Crippen LogP contribution in [-0.4, -0.2) is 29.4 Å². The van der Waals surface area contributed by atoms with Crippen molar-refractivity contribution in [3.05, 3.63) is 53.4 Å². The van der Waals surface area contributed by atoms with Gasteiger partial charge in [0.25, 0.3) is 0 Å². The molecule has 4 rings (SSSR count). The molecule has 0 fully saturated rings. The molecule has 3 aromatic rings. The van der Waals surface area contributed by atoms with Crippen molar-refractivity contribution < 1.29 is 9.47 Å². The van der Waals surface area contributed by atoms with E-state index in [0.29, 0.717) is 24.4 Å². The highest BCUT2D eigenvalue weighted by Crippen LogP contribution is 2.38. The maximum atomic E-state index is 5.97. The third-order valence-corrected chi connectivity index (χ3v) is 6.69. The summed E-state index contributed by atoms with van der Waals surface area (Å²) in [7, 11) is -1.06. The molecule has 0 saturated carbocycles. The van der Waals surface area contributed by atoms with Crippen LogP contribution in [-0.2, 0) is 18.1 Å². The smallest absolute Gasteiger partial charge is 0.223 e. The second kappa shape index (κ2) is 7.70. The van der Waals surface area contributed by atoms with Gasteiger partial charge in [-0.05, 0) is 40.9 Å². The first-order valence-electron chi connectivity index (χ1n) is 9.42. The van der Waals surface area contributed by atoms with Gasteiger partial charge in [-0.25, -0.2) is 9.67 Å². The van der Waals surface area contributed by atoms with Crippen LogP contribution < -0.4 is 4.74 Å². The predicted molar refractivity (Wildman–Crippen MR) is 114 cm³/mol. The third kappa shape index (κ3) is 4.29. The third-order valence-electron chi connectivity index (χ3n) is 4.77. The molecule has 0 unspecified atom stereocenters. The van der Waals surface area contributed by atoms with Gasteiger partial charge in [0.1, 0.15) is 18.5 Å². The van der Waals surface area contributed by atoms with E-state index in [9.17, 15) is 0 Å². The van der Waals surface area contributed by atoms with E-state index in [2.05, 4.69) is 47.9 Å². The van der Waals surface area contributed by atoms with E-state index >= 15 is 0 Å². The second-order valence-corrected chi connectivity index (χ2v) is 14.3. The molecular weight excluding hydrogens is 390 g/mol.